The van der Waals surface area contributed by atoms with Gasteiger partial charge in [0.05, 0.1) is 17.5 Å². The number of carbonyl (C=O) groups is 1. The van der Waals surface area contributed by atoms with Crippen LogP contribution in [-0.2, 0) is 27.7 Å². The fraction of sp³-hybridized carbons (Fsp3) is 0.435. The summed E-state index contributed by atoms with van der Waals surface area (Å²) in [5.74, 6) is -0.138. The summed E-state index contributed by atoms with van der Waals surface area (Å²) in [5, 5.41) is 6.10. The van der Waals surface area contributed by atoms with Crippen molar-refractivity contribution in [3.63, 3.8) is 0 Å². The lowest BCUT2D eigenvalue weighted by Crippen LogP contribution is -2.32. The molecule has 1 aliphatic carbocycles. The number of anilines is 1. The van der Waals surface area contributed by atoms with Gasteiger partial charge >= 0.3 is 0 Å². The van der Waals surface area contributed by atoms with Crippen LogP contribution in [0, 0.1) is 6.92 Å². The summed E-state index contributed by atoms with van der Waals surface area (Å²) in [5.41, 5.74) is 5.44. The molecule has 6 nitrogen and oxygen atoms in total. The Morgan fingerprint density at radius 3 is 2.47 bits per heavy atom. The third-order valence-electron chi connectivity index (χ3n) is 5.68. The minimum atomic E-state index is -3.52. The number of carbonyl (C=O) groups excluding carboxylic acids is 1. The summed E-state index contributed by atoms with van der Waals surface area (Å²) in [7, 11) is -0.529. The summed E-state index contributed by atoms with van der Waals surface area (Å²) in [4.78, 5) is 12.7. The maximum absolute atomic E-state index is 12.5. The molecule has 7 heteroatoms. The number of amides is 1. The highest BCUT2D eigenvalue weighted by Gasteiger charge is 2.19. The number of hydrogen-bond acceptors (Lipinski definition) is 4. The van der Waals surface area contributed by atoms with E-state index in [9.17, 15) is 13.2 Å². The van der Waals surface area contributed by atoms with Crippen molar-refractivity contribution in [2.45, 2.75) is 50.5 Å². The predicted octanol–water partition coefficient (Wildman–Crippen LogP) is 3.41. The first-order valence-electron chi connectivity index (χ1n) is 10.4. The molecule has 2 N–H and O–H groups in total. The summed E-state index contributed by atoms with van der Waals surface area (Å²) in [6.45, 7) is 3.93. The van der Waals surface area contributed by atoms with Crippen molar-refractivity contribution in [2.24, 2.45) is 0 Å². The SMILES string of the molecule is Cc1ccc(S(=O)(=O)N(C)C)cc1NCC(=O)NC(C)c1ccc2c(c1)CCCC2. The third-order valence-corrected chi connectivity index (χ3v) is 7.49. The highest BCUT2D eigenvalue weighted by Crippen LogP contribution is 2.25. The number of benzene rings is 2. The van der Waals surface area contributed by atoms with Crippen molar-refractivity contribution in [1.82, 2.24) is 9.62 Å². The predicted molar refractivity (Wildman–Crippen MR) is 120 cm³/mol. The number of aryl methyl sites for hydroxylation is 3. The van der Waals surface area contributed by atoms with E-state index in [-0.39, 0.29) is 23.4 Å². The first-order chi connectivity index (χ1) is 14.2. The molecule has 1 atom stereocenters. The normalized spacial score (nSPS) is 14.8. The maximum atomic E-state index is 12.5. The van der Waals surface area contributed by atoms with Gasteiger partial charge in [-0.05, 0) is 73.9 Å². The van der Waals surface area contributed by atoms with Crippen molar-refractivity contribution >= 4 is 21.6 Å². The fourth-order valence-corrected chi connectivity index (χ4v) is 4.67. The van der Waals surface area contributed by atoms with Gasteiger partial charge in [-0.3, -0.25) is 4.79 Å². The van der Waals surface area contributed by atoms with E-state index in [1.807, 2.05) is 13.8 Å². The van der Waals surface area contributed by atoms with Crippen molar-refractivity contribution in [3.8, 4) is 0 Å². The van der Waals surface area contributed by atoms with Gasteiger partial charge in [0.25, 0.3) is 0 Å². The second kappa shape index (κ2) is 9.18. The van der Waals surface area contributed by atoms with Crippen molar-refractivity contribution in [2.75, 3.05) is 26.0 Å². The molecular formula is C23H31N3O3S. The molecule has 0 aliphatic heterocycles. The van der Waals surface area contributed by atoms with Crippen LogP contribution in [0.3, 0.4) is 0 Å². The van der Waals surface area contributed by atoms with Crippen LogP contribution in [0.1, 0.15) is 48.1 Å². The van der Waals surface area contributed by atoms with Crippen molar-refractivity contribution in [1.29, 1.82) is 0 Å². The molecule has 2 aromatic rings. The monoisotopic (exact) mass is 429 g/mol. The zero-order valence-electron chi connectivity index (χ0n) is 18.2. The summed E-state index contributed by atoms with van der Waals surface area (Å²) in [6, 6.07) is 11.3. The van der Waals surface area contributed by atoms with Crippen molar-refractivity contribution < 1.29 is 13.2 Å². The average molecular weight is 430 g/mol. The van der Waals surface area contributed by atoms with E-state index in [0.29, 0.717) is 5.69 Å². The van der Waals surface area contributed by atoms with Crippen LogP contribution in [0.5, 0.6) is 0 Å². The molecule has 0 heterocycles. The fourth-order valence-electron chi connectivity index (χ4n) is 3.74. The summed E-state index contributed by atoms with van der Waals surface area (Å²) >= 11 is 0. The van der Waals surface area contributed by atoms with Gasteiger partial charge < -0.3 is 10.6 Å². The number of nitrogens with zero attached hydrogens (tertiary/aromatic N) is 1. The number of sulfonamides is 1. The van der Waals surface area contributed by atoms with Gasteiger partial charge in [0.1, 0.15) is 0 Å². The van der Waals surface area contributed by atoms with Crippen LogP contribution in [0.2, 0.25) is 0 Å². The smallest absolute Gasteiger partial charge is 0.242 e. The molecule has 0 radical (unpaired) electrons. The zero-order valence-corrected chi connectivity index (χ0v) is 19.0. The molecule has 0 bridgehead atoms. The number of nitrogens with one attached hydrogen (secondary N) is 2. The Balaban J connectivity index is 1.63. The van der Waals surface area contributed by atoms with E-state index >= 15 is 0 Å². The second-order valence-electron chi connectivity index (χ2n) is 8.14. The Kier molecular flexibility index (Phi) is 6.83. The van der Waals surface area contributed by atoms with Crippen LogP contribution >= 0.6 is 0 Å². The molecule has 30 heavy (non-hydrogen) atoms. The third kappa shape index (κ3) is 5.02. The van der Waals surface area contributed by atoms with Gasteiger partial charge in [0, 0.05) is 19.8 Å². The topological polar surface area (TPSA) is 78.5 Å². The van der Waals surface area contributed by atoms with Gasteiger partial charge in [-0.2, -0.15) is 0 Å². The van der Waals surface area contributed by atoms with Crippen LogP contribution in [-0.4, -0.2) is 39.3 Å². The molecule has 1 unspecified atom stereocenters. The molecule has 3 rings (SSSR count). The van der Waals surface area contributed by atoms with E-state index in [4.69, 9.17) is 0 Å². The van der Waals surface area contributed by atoms with Gasteiger partial charge in [-0.1, -0.05) is 24.3 Å². The lowest BCUT2D eigenvalue weighted by atomic mass is 9.89. The molecule has 162 valence electrons. The van der Waals surface area contributed by atoms with Gasteiger partial charge in [-0.25, -0.2) is 12.7 Å². The Morgan fingerprint density at radius 2 is 1.77 bits per heavy atom. The van der Waals surface area contributed by atoms with Crippen LogP contribution < -0.4 is 10.6 Å². The minimum absolute atomic E-state index is 0.0710. The Hall–Kier alpha value is -2.38. The van der Waals surface area contributed by atoms with E-state index in [1.165, 1.54) is 42.4 Å². The van der Waals surface area contributed by atoms with Crippen molar-refractivity contribution in [3.05, 3.63) is 58.7 Å². The molecule has 0 saturated heterocycles. The number of rotatable bonds is 7. The molecule has 1 aliphatic rings. The van der Waals surface area contributed by atoms with Gasteiger partial charge in [-0.15, -0.1) is 0 Å². The van der Waals surface area contributed by atoms with Gasteiger partial charge in [0.15, 0.2) is 0 Å². The first-order valence-corrected chi connectivity index (χ1v) is 11.8. The minimum Gasteiger partial charge on any atom is -0.376 e. The first kappa shape index (κ1) is 22.3. The Bertz CT molecular complexity index is 1030. The quantitative estimate of drug-likeness (QED) is 0.707. The summed E-state index contributed by atoms with van der Waals surface area (Å²) in [6.07, 6.45) is 4.73. The Morgan fingerprint density at radius 1 is 1.07 bits per heavy atom. The molecule has 1 amide bonds. The highest BCUT2D eigenvalue weighted by molar-refractivity contribution is 7.89. The molecule has 0 aromatic heterocycles. The van der Waals surface area contributed by atoms with Crippen LogP contribution in [0.15, 0.2) is 41.3 Å². The molecule has 0 saturated carbocycles. The standard InChI is InChI=1S/C23H31N3O3S/c1-16-9-12-21(30(28,29)26(3)4)14-22(16)24-15-23(27)25-17(2)19-11-10-18-7-5-6-8-20(18)13-19/h9-14,17,24H,5-8,15H2,1-4H3,(H,25,27). The van der Waals surface area contributed by atoms with Crippen LogP contribution in [0.25, 0.3) is 0 Å². The molecular weight excluding hydrogens is 398 g/mol. The highest BCUT2D eigenvalue weighted by atomic mass is 32.2. The Labute approximate surface area is 179 Å². The van der Waals surface area contributed by atoms with E-state index in [1.54, 1.807) is 18.2 Å². The van der Waals surface area contributed by atoms with Gasteiger partial charge in [0.2, 0.25) is 15.9 Å². The van der Waals surface area contributed by atoms with E-state index in [2.05, 4.69) is 28.8 Å². The number of hydrogen-bond donors (Lipinski definition) is 2. The average Bonchev–Trinajstić information content (AvgIpc) is 2.72. The molecule has 0 spiro atoms. The number of fused-ring (bicyclic) bond motifs is 1. The largest absolute Gasteiger partial charge is 0.376 e. The van der Waals surface area contributed by atoms with E-state index < -0.39 is 10.0 Å². The lowest BCUT2D eigenvalue weighted by Gasteiger charge is -2.20. The lowest BCUT2D eigenvalue weighted by molar-refractivity contribution is -0.120. The summed E-state index contributed by atoms with van der Waals surface area (Å²) < 4.78 is 25.9. The maximum Gasteiger partial charge on any atom is 0.242 e. The van der Waals surface area contributed by atoms with Crippen LogP contribution in [0.4, 0.5) is 5.69 Å². The molecule has 0 fully saturated rings. The zero-order chi connectivity index (χ0) is 21.9. The van der Waals surface area contributed by atoms with E-state index in [0.717, 1.165) is 24.0 Å². The molecule has 2 aromatic carbocycles. The second-order valence-corrected chi connectivity index (χ2v) is 10.3.